The van der Waals surface area contributed by atoms with E-state index in [0.29, 0.717) is 24.3 Å². The summed E-state index contributed by atoms with van der Waals surface area (Å²) in [7, 11) is -3.31. The van der Waals surface area contributed by atoms with Crippen LogP contribution in [0.25, 0.3) is 0 Å². The molecule has 1 saturated heterocycles. The number of benzene rings is 1. The zero-order chi connectivity index (χ0) is 18.7. The number of β-amino-alcohol motifs (C(OH)–C–C–N with tert-alkyl or cyclic N) is 1. The van der Waals surface area contributed by atoms with Gasteiger partial charge in [-0.15, -0.1) is 0 Å². The molecule has 2 N–H and O–H groups in total. The quantitative estimate of drug-likeness (QED) is 0.659. The molecule has 1 aromatic rings. The molecule has 0 radical (unpaired) electrons. The predicted molar refractivity (Wildman–Crippen MR) is 95.4 cm³/mol. The topological polar surface area (TPSA) is 107 Å². The number of carbonyl (C=O) groups is 2. The summed E-state index contributed by atoms with van der Waals surface area (Å²) in [6.07, 6.45) is 2.98. The SMILES string of the molecule is O=C1C=C(Nc2ccc(CS(=O)(=O)N3CCCC3)cc2)C(=O)N1CCO. The van der Waals surface area contributed by atoms with Gasteiger partial charge in [-0.05, 0) is 30.5 Å². The van der Waals surface area contributed by atoms with Crippen LogP contribution in [0.5, 0.6) is 0 Å². The molecule has 2 aliphatic rings. The number of nitrogens with one attached hydrogen (secondary N) is 1. The monoisotopic (exact) mass is 379 g/mol. The fraction of sp³-hybridized carbons (Fsp3) is 0.412. The molecule has 1 fully saturated rings. The number of carbonyl (C=O) groups excluding carboxylic acids is 2. The minimum absolute atomic E-state index is 0.0490. The predicted octanol–water partition coefficient (Wildman–Crippen LogP) is 0.269. The Kier molecular flexibility index (Phi) is 5.40. The van der Waals surface area contributed by atoms with E-state index in [-0.39, 0.29) is 24.6 Å². The highest BCUT2D eigenvalue weighted by Gasteiger charge is 2.30. The maximum absolute atomic E-state index is 12.3. The normalized spacial score (nSPS) is 18.5. The minimum Gasteiger partial charge on any atom is -0.395 e. The van der Waals surface area contributed by atoms with Gasteiger partial charge in [0, 0.05) is 24.9 Å². The van der Waals surface area contributed by atoms with Crippen LogP contribution in [-0.2, 0) is 25.4 Å². The Hall–Kier alpha value is -2.23. The first-order valence-corrected chi connectivity index (χ1v) is 10.0. The first-order chi connectivity index (χ1) is 12.4. The number of aliphatic hydroxyl groups is 1. The van der Waals surface area contributed by atoms with Gasteiger partial charge in [-0.3, -0.25) is 14.5 Å². The first kappa shape index (κ1) is 18.6. The number of hydrogen-bond donors (Lipinski definition) is 2. The third-order valence-corrected chi connectivity index (χ3v) is 6.22. The summed E-state index contributed by atoms with van der Waals surface area (Å²) in [5, 5.41) is 11.8. The fourth-order valence-corrected chi connectivity index (χ4v) is 4.63. The lowest BCUT2D eigenvalue weighted by Gasteiger charge is -2.16. The minimum atomic E-state index is -3.31. The Morgan fingerprint density at radius 2 is 1.73 bits per heavy atom. The Bertz CT molecular complexity index is 826. The van der Waals surface area contributed by atoms with E-state index in [2.05, 4.69) is 5.32 Å². The maximum atomic E-state index is 12.3. The number of hydrogen-bond acceptors (Lipinski definition) is 6. The molecule has 9 heteroatoms. The number of nitrogens with zero attached hydrogens (tertiary/aromatic N) is 2. The van der Waals surface area contributed by atoms with Crippen LogP contribution in [0.1, 0.15) is 18.4 Å². The summed E-state index contributed by atoms with van der Waals surface area (Å²) in [5.74, 6) is -1.03. The van der Waals surface area contributed by atoms with Gasteiger partial charge in [-0.2, -0.15) is 0 Å². The Balaban J connectivity index is 1.64. The highest BCUT2D eigenvalue weighted by molar-refractivity contribution is 7.88. The van der Waals surface area contributed by atoms with Gasteiger partial charge in [-0.25, -0.2) is 12.7 Å². The number of imide groups is 1. The van der Waals surface area contributed by atoms with E-state index in [1.807, 2.05) is 0 Å². The molecule has 0 saturated carbocycles. The second-order valence-corrected chi connectivity index (χ2v) is 8.23. The number of rotatable bonds is 7. The maximum Gasteiger partial charge on any atom is 0.277 e. The van der Waals surface area contributed by atoms with Crippen molar-refractivity contribution in [2.45, 2.75) is 18.6 Å². The number of amides is 2. The largest absolute Gasteiger partial charge is 0.395 e. The van der Waals surface area contributed by atoms with Crippen molar-refractivity contribution >= 4 is 27.5 Å². The molecular formula is C17H21N3O5S. The van der Waals surface area contributed by atoms with Gasteiger partial charge >= 0.3 is 0 Å². The second kappa shape index (κ2) is 7.56. The van der Waals surface area contributed by atoms with E-state index in [9.17, 15) is 18.0 Å². The Morgan fingerprint density at radius 3 is 2.35 bits per heavy atom. The van der Waals surface area contributed by atoms with Gasteiger partial charge in [0.2, 0.25) is 10.0 Å². The third kappa shape index (κ3) is 3.95. The molecule has 0 spiro atoms. The van der Waals surface area contributed by atoms with Crippen molar-refractivity contribution < 1.29 is 23.1 Å². The summed E-state index contributed by atoms with van der Waals surface area (Å²) in [6, 6.07) is 6.71. The van der Waals surface area contributed by atoms with E-state index in [4.69, 9.17) is 5.11 Å². The van der Waals surface area contributed by atoms with Crippen LogP contribution in [0.3, 0.4) is 0 Å². The number of sulfonamides is 1. The van der Waals surface area contributed by atoms with Gasteiger partial charge in [0.15, 0.2) is 0 Å². The molecule has 0 aliphatic carbocycles. The highest BCUT2D eigenvalue weighted by Crippen LogP contribution is 2.20. The van der Waals surface area contributed by atoms with Crippen molar-refractivity contribution in [2.75, 3.05) is 31.6 Å². The van der Waals surface area contributed by atoms with Crippen molar-refractivity contribution in [3.8, 4) is 0 Å². The Labute approximate surface area is 152 Å². The standard InChI is InChI=1S/C17H21N3O5S/c21-10-9-20-16(22)11-15(17(20)23)18-14-5-3-13(4-6-14)12-26(24,25)19-7-1-2-8-19/h3-6,11,18,21H,1-2,7-10,12H2. The average Bonchev–Trinajstić information content (AvgIpc) is 3.22. The Morgan fingerprint density at radius 1 is 1.08 bits per heavy atom. The smallest absolute Gasteiger partial charge is 0.277 e. The van der Waals surface area contributed by atoms with E-state index >= 15 is 0 Å². The van der Waals surface area contributed by atoms with Crippen molar-refractivity contribution in [2.24, 2.45) is 0 Å². The molecule has 1 aromatic carbocycles. The zero-order valence-corrected chi connectivity index (χ0v) is 15.0. The lowest BCUT2D eigenvalue weighted by atomic mass is 10.2. The van der Waals surface area contributed by atoms with Crippen LogP contribution in [0, 0.1) is 0 Å². The summed E-state index contributed by atoms with van der Waals surface area (Å²) in [5.41, 5.74) is 1.36. The molecule has 0 aromatic heterocycles. The van der Waals surface area contributed by atoms with Crippen LogP contribution in [-0.4, -0.2) is 60.8 Å². The van der Waals surface area contributed by atoms with Gasteiger partial charge in [0.1, 0.15) is 5.70 Å². The van der Waals surface area contributed by atoms with Crippen molar-refractivity contribution in [1.82, 2.24) is 9.21 Å². The molecule has 0 unspecified atom stereocenters. The van der Waals surface area contributed by atoms with Crippen LogP contribution in [0.15, 0.2) is 36.0 Å². The van der Waals surface area contributed by atoms with Crippen LogP contribution >= 0.6 is 0 Å². The lowest BCUT2D eigenvalue weighted by Crippen LogP contribution is -2.34. The van der Waals surface area contributed by atoms with Crippen molar-refractivity contribution in [3.63, 3.8) is 0 Å². The molecule has 3 rings (SSSR count). The van der Waals surface area contributed by atoms with Gasteiger partial charge in [0.05, 0.1) is 18.9 Å². The molecule has 2 heterocycles. The molecule has 8 nitrogen and oxygen atoms in total. The molecule has 26 heavy (non-hydrogen) atoms. The summed E-state index contributed by atoms with van der Waals surface area (Å²) >= 11 is 0. The fourth-order valence-electron chi connectivity index (χ4n) is 3.02. The number of aliphatic hydroxyl groups excluding tert-OH is 1. The van der Waals surface area contributed by atoms with E-state index in [0.717, 1.165) is 17.7 Å². The van der Waals surface area contributed by atoms with E-state index in [1.54, 1.807) is 24.3 Å². The summed E-state index contributed by atoms with van der Waals surface area (Å²) < 4.78 is 26.2. The zero-order valence-electron chi connectivity index (χ0n) is 14.2. The summed E-state index contributed by atoms with van der Waals surface area (Å²) in [6.45, 7) is 0.818. The van der Waals surface area contributed by atoms with Crippen molar-refractivity contribution in [3.05, 3.63) is 41.6 Å². The molecule has 2 amide bonds. The average molecular weight is 379 g/mol. The molecular weight excluding hydrogens is 358 g/mol. The van der Waals surface area contributed by atoms with Gasteiger partial charge in [0.25, 0.3) is 11.8 Å². The summed E-state index contributed by atoms with van der Waals surface area (Å²) in [4.78, 5) is 24.8. The molecule has 0 atom stereocenters. The van der Waals surface area contributed by atoms with E-state index < -0.39 is 21.8 Å². The van der Waals surface area contributed by atoms with Crippen LogP contribution < -0.4 is 5.32 Å². The molecule has 0 bridgehead atoms. The first-order valence-electron chi connectivity index (χ1n) is 8.43. The van der Waals surface area contributed by atoms with Crippen molar-refractivity contribution in [1.29, 1.82) is 0 Å². The number of anilines is 1. The van der Waals surface area contributed by atoms with Crippen LogP contribution in [0.4, 0.5) is 5.69 Å². The van der Waals surface area contributed by atoms with Gasteiger partial charge in [-0.1, -0.05) is 12.1 Å². The molecule has 2 aliphatic heterocycles. The third-order valence-electron chi connectivity index (χ3n) is 4.37. The highest BCUT2D eigenvalue weighted by atomic mass is 32.2. The van der Waals surface area contributed by atoms with Gasteiger partial charge < -0.3 is 10.4 Å². The van der Waals surface area contributed by atoms with Crippen LogP contribution in [0.2, 0.25) is 0 Å². The molecule has 140 valence electrons. The lowest BCUT2D eigenvalue weighted by molar-refractivity contribution is -0.137. The second-order valence-electron chi connectivity index (χ2n) is 6.26. The van der Waals surface area contributed by atoms with E-state index in [1.165, 1.54) is 10.4 Å².